The van der Waals surface area contributed by atoms with Crippen molar-refractivity contribution < 1.29 is 4.79 Å². The van der Waals surface area contributed by atoms with Crippen LogP contribution in [0.2, 0.25) is 0 Å². The molecule has 0 atom stereocenters. The summed E-state index contributed by atoms with van der Waals surface area (Å²) in [5, 5.41) is 2.97. The van der Waals surface area contributed by atoms with Crippen molar-refractivity contribution >= 4 is 5.78 Å². The van der Waals surface area contributed by atoms with Crippen LogP contribution in [-0.2, 0) is 11.2 Å². The molecule has 0 fully saturated rings. The highest BCUT2D eigenvalue weighted by molar-refractivity contribution is 5.82. The van der Waals surface area contributed by atoms with Gasteiger partial charge in [0.1, 0.15) is 0 Å². The number of pyridine rings is 1. The largest absolute Gasteiger partial charge is 0.307 e. The maximum atomic E-state index is 11.4. The molecule has 0 saturated carbocycles. The summed E-state index contributed by atoms with van der Waals surface area (Å²) in [6, 6.07) is 3.73. The average Bonchev–Trinajstić information content (AvgIpc) is 2.20. The Kier molecular flexibility index (Phi) is 4.58. The Labute approximate surface area is 83.9 Å². The monoisotopic (exact) mass is 190 g/mol. The number of aromatic nitrogens is 1. The van der Waals surface area contributed by atoms with E-state index < -0.39 is 0 Å². The number of nitrogens with zero attached hydrogens (tertiary/aromatic N) is 1. The van der Waals surface area contributed by atoms with E-state index >= 15 is 0 Å². The molecule has 14 heavy (non-hydrogen) atoms. The maximum Gasteiger partial charge on any atom is 0.151 e. The van der Waals surface area contributed by atoms with Crippen molar-refractivity contribution in [3.8, 4) is 0 Å². The van der Waals surface area contributed by atoms with Crippen LogP contribution in [-0.4, -0.2) is 23.9 Å². The van der Waals surface area contributed by atoms with Gasteiger partial charge in [0, 0.05) is 25.4 Å². The van der Waals surface area contributed by atoms with Gasteiger partial charge in [0.2, 0.25) is 0 Å². The molecule has 1 N–H and O–H groups in total. The van der Waals surface area contributed by atoms with E-state index in [4.69, 9.17) is 0 Å². The Morgan fingerprint density at radius 1 is 1.64 bits per heavy atom. The normalized spacial score (nSPS) is 9.71. The molecule has 1 aromatic heterocycles. The predicted octanol–water partition coefficient (Wildman–Crippen LogP) is 0.969. The molecule has 0 saturated heterocycles. The minimum atomic E-state index is 0.167. The molecule has 0 aromatic carbocycles. The summed E-state index contributed by atoms with van der Waals surface area (Å²) in [4.78, 5) is 15.3. The molecule has 3 heteroatoms. The lowest BCUT2D eigenvalue weighted by Gasteiger charge is -2.00. The number of hydrogen-bond acceptors (Lipinski definition) is 3. The molecule has 1 aromatic rings. The third kappa shape index (κ3) is 3.96. The summed E-state index contributed by atoms with van der Waals surface area (Å²) in [7, 11) is 0. The zero-order chi connectivity index (χ0) is 10.2. The standard InChI is InChI=1S/C11H14N2O/c1-2-5-12-9-11(14)7-10-4-3-6-13-8-10/h2-4,6,8,12H,1,5,7,9H2. The first-order chi connectivity index (χ1) is 6.83. The second kappa shape index (κ2) is 6.05. The Bertz CT molecular complexity index is 295. The molecular weight excluding hydrogens is 176 g/mol. The lowest BCUT2D eigenvalue weighted by atomic mass is 10.1. The average molecular weight is 190 g/mol. The van der Waals surface area contributed by atoms with Crippen LogP contribution in [0, 0.1) is 0 Å². The van der Waals surface area contributed by atoms with E-state index in [2.05, 4.69) is 16.9 Å². The van der Waals surface area contributed by atoms with Crippen molar-refractivity contribution in [1.29, 1.82) is 0 Å². The quantitative estimate of drug-likeness (QED) is 0.537. The van der Waals surface area contributed by atoms with Crippen molar-refractivity contribution in [3.63, 3.8) is 0 Å². The molecule has 0 amide bonds. The molecule has 0 aliphatic carbocycles. The van der Waals surface area contributed by atoms with Gasteiger partial charge >= 0.3 is 0 Å². The highest BCUT2D eigenvalue weighted by Gasteiger charge is 2.01. The van der Waals surface area contributed by atoms with Gasteiger partial charge < -0.3 is 5.32 Å². The predicted molar refractivity (Wildman–Crippen MR) is 56.0 cm³/mol. The first-order valence-electron chi connectivity index (χ1n) is 4.55. The van der Waals surface area contributed by atoms with Gasteiger partial charge in [-0.3, -0.25) is 9.78 Å². The van der Waals surface area contributed by atoms with Crippen LogP contribution in [0.15, 0.2) is 37.2 Å². The second-order valence-electron chi connectivity index (χ2n) is 3.00. The molecule has 1 heterocycles. The van der Waals surface area contributed by atoms with E-state index in [1.54, 1.807) is 18.5 Å². The molecule has 74 valence electrons. The van der Waals surface area contributed by atoms with Gasteiger partial charge in [0.05, 0.1) is 6.54 Å². The number of ketones is 1. The Morgan fingerprint density at radius 3 is 3.14 bits per heavy atom. The van der Waals surface area contributed by atoms with Crippen molar-refractivity contribution in [2.24, 2.45) is 0 Å². The number of carbonyl (C=O) groups is 1. The van der Waals surface area contributed by atoms with Gasteiger partial charge in [-0.2, -0.15) is 0 Å². The zero-order valence-corrected chi connectivity index (χ0v) is 8.07. The van der Waals surface area contributed by atoms with Crippen LogP contribution >= 0.6 is 0 Å². The Balaban J connectivity index is 2.31. The number of Topliss-reactive ketones (excluding diaryl/α,β-unsaturated/α-hetero) is 1. The van der Waals surface area contributed by atoms with Gasteiger partial charge in [0.25, 0.3) is 0 Å². The third-order valence-electron chi connectivity index (χ3n) is 1.73. The zero-order valence-electron chi connectivity index (χ0n) is 8.07. The van der Waals surface area contributed by atoms with E-state index in [-0.39, 0.29) is 5.78 Å². The summed E-state index contributed by atoms with van der Waals surface area (Å²) in [5.41, 5.74) is 0.956. The van der Waals surface area contributed by atoms with E-state index in [0.717, 1.165) is 5.56 Å². The Hall–Kier alpha value is -1.48. The molecule has 3 nitrogen and oxygen atoms in total. The molecule has 0 spiro atoms. The van der Waals surface area contributed by atoms with Crippen molar-refractivity contribution in [2.75, 3.05) is 13.1 Å². The summed E-state index contributed by atoms with van der Waals surface area (Å²) in [5.74, 6) is 0.167. The molecule has 1 rings (SSSR count). The molecule has 0 aliphatic rings. The van der Waals surface area contributed by atoms with E-state index in [1.165, 1.54) is 0 Å². The van der Waals surface area contributed by atoms with E-state index in [9.17, 15) is 4.79 Å². The lowest BCUT2D eigenvalue weighted by molar-refractivity contribution is -0.117. The van der Waals surface area contributed by atoms with Crippen LogP contribution < -0.4 is 5.32 Å². The number of rotatable bonds is 6. The van der Waals surface area contributed by atoms with Gasteiger partial charge in [-0.1, -0.05) is 12.1 Å². The van der Waals surface area contributed by atoms with Gasteiger partial charge in [-0.15, -0.1) is 6.58 Å². The van der Waals surface area contributed by atoms with E-state index in [1.807, 2.05) is 12.1 Å². The Morgan fingerprint density at radius 2 is 2.50 bits per heavy atom. The first kappa shape index (κ1) is 10.6. The molecule has 0 radical (unpaired) electrons. The highest BCUT2D eigenvalue weighted by atomic mass is 16.1. The van der Waals surface area contributed by atoms with Gasteiger partial charge in [-0.05, 0) is 11.6 Å². The minimum absolute atomic E-state index is 0.167. The van der Waals surface area contributed by atoms with Crippen LogP contribution in [0.5, 0.6) is 0 Å². The van der Waals surface area contributed by atoms with Crippen LogP contribution in [0.4, 0.5) is 0 Å². The molecule has 0 bridgehead atoms. The van der Waals surface area contributed by atoms with Crippen molar-refractivity contribution in [3.05, 3.63) is 42.7 Å². The third-order valence-corrected chi connectivity index (χ3v) is 1.73. The first-order valence-corrected chi connectivity index (χ1v) is 4.55. The SMILES string of the molecule is C=CCNCC(=O)Cc1cccnc1. The highest BCUT2D eigenvalue weighted by Crippen LogP contribution is 1.96. The minimum Gasteiger partial charge on any atom is -0.307 e. The molecule has 0 aliphatic heterocycles. The fourth-order valence-corrected chi connectivity index (χ4v) is 1.11. The van der Waals surface area contributed by atoms with Crippen LogP contribution in [0.25, 0.3) is 0 Å². The number of nitrogens with one attached hydrogen (secondary N) is 1. The summed E-state index contributed by atoms with van der Waals surface area (Å²) in [6.45, 7) is 4.61. The molecular formula is C11H14N2O. The fourth-order valence-electron chi connectivity index (χ4n) is 1.11. The van der Waals surface area contributed by atoms with E-state index in [0.29, 0.717) is 19.5 Å². The number of carbonyl (C=O) groups excluding carboxylic acids is 1. The van der Waals surface area contributed by atoms with Crippen LogP contribution in [0.1, 0.15) is 5.56 Å². The summed E-state index contributed by atoms with van der Waals surface area (Å²) in [6.07, 6.45) is 5.59. The summed E-state index contributed by atoms with van der Waals surface area (Å²) >= 11 is 0. The van der Waals surface area contributed by atoms with Gasteiger partial charge in [0.15, 0.2) is 5.78 Å². The van der Waals surface area contributed by atoms with Gasteiger partial charge in [-0.25, -0.2) is 0 Å². The fraction of sp³-hybridized carbons (Fsp3) is 0.273. The van der Waals surface area contributed by atoms with Crippen molar-refractivity contribution in [2.45, 2.75) is 6.42 Å². The van der Waals surface area contributed by atoms with Crippen LogP contribution in [0.3, 0.4) is 0 Å². The van der Waals surface area contributed by atoms with Crippen molar-refractivity contribution in [1.82, 2.24) is 10.3 Å². The lowest BCUT2D eigenvalue weighted by Crippen LogP contribution is -2.24. The maximum absolute atomic E-state index is 11.4. The topological polar surface area (TPSA) is 42.0 Å². The smallest absolute Gasteiger partial charge is 0.151 e. The molecule has 0 unspecified atom stereocenters. The second-order valence-corrected chi connectivity index (χ2v) is 3.00. The number of hydrogen-bond donors (Lipinski definition) is 1. The summed E-state index contributed by atoms with van der Waals surface area (Å²) < 4.78 is 0.